The summed E-state index contributed by atoms with van der Waals surface area (Å²) in [6.07, 6.45) is 2.31. The summed E-state index contributed by atoms with van der Waals surface area (Å²) in [6, 6.07) is 6.07. The molecule has 31 heavy (non-hydrogen) atoms. The highest BCUT2D eigenvalue weighted by Gasteiger charge is 2.16. The predicted octanol–water partition coefficient (Wildman–Crippen LogP) is 2.07. The minimum atomic E-state index is -3.78. The van der Waals surface area contributed by atoms with Crippen molar-refractivity contribution < 1.29 is 35.8 Å². The van der Waals surface area contributed by atoms with Crippen molar-refractivity contribution in [2.45, 2.75) is 5.75 Å². The van der Waals surface area contributed by atoms with Gasteiger partial charge in [-0.15, -0.1) is 0 Å². The summed E-state index contributed by atoms with van der Waals surface area (Å²) >= 11 is 0. The lowest BCUT2D eigenvalue weighted by atomic mass is 10.1. The predicted molar refractivity (Wildman–Crippen MR) is 117 cm³/mol. The second kappa shape index (κ2) is 9.88. The summed E-state index contributed by atoms with van der Waals surface area (Å²) in [5, 5.41) is 1.01. The van der Waals surface area contributed by atoms with Crippen molar-refractivity contribution in [3.8, 4) is 23.0 Å². The topological polar surface area (TPSA) is 130 Å². The fourth-order valence-electron chi connectivity index (χ4n) is 2.60. The van der Waals surface area contributed by atoms with E-state index in [1.807, 2.05) is 0 Å². The van der Waals surface area contributed by atoms with Gasteiger partial charge in [-0.1, -0.05) is 0 Å². The summed E-state index contributed by atoms with van der Waals surface area (Å²) in [5.74, 6) is 0.818. The normalized spacial score (nSPS) is 11.9. The zero-order valence-corrected chi connectivity index (χ0v) is 19.3. The van der Waals surface area contributed by atoms with Crippen molar-refractivity contribution in [1.29, 1.82) is 0 Å². The molecule has 0 spiro atoms. The number of hydrogen-bond donors (Lipinski definition) is 1. The maximum absolute atomic E-state index is 12.6. The summed E-state index contributed by atoms with van der Waals surface area (Å²) in [5.41, 5.74) is 0.543. The first-order chi connectivity index (χ1) is 14.5. The molecule has 0 atom stereocenters. The molecule has 2 rings (SSSR count). The Hall–Kier alpha value is -2.99. The molecule has 0 unspecified atom stereocenters. The van der Waals surface area contributed by atoms with Gasteiger partial charge in [0.05, 0.1) is 51.7 Å². The third-order valence-corrected chi connectivity index (χ3v) is 5.78. The highest BCUT2D eigenvalue weighted by Crippen LogP contribution is 2.35. The molecule has 1 aromatic heterocycles. The molecule has 0 amide bonds. The zero-order chi connectivity index (χ0) is 23.2. The molecule has 0 saturated carbocycles. The number of sulfone groups is 1. The molecule has 0 aliphatic carbocycles. The van der Waals surface area contributed by atoms with Crippen LogP contribution in [-0.2, 0) is 25.6 Å². The SMILES string of the molecule is COc1cc(OC)c(C=CS(=O)(=O)Cc2ccc(OC)c(NS(C)(=O)=O)n2)c(OC)c1. The molecule has 12 heteroatoms. The molecule has 0 bridgehead atoms. The van der Waals surface area contributed by atoms with Crippen LogP contribution in [0.3, 0.4) is 0 Å². The van der Waals surface area contributed by atoms with E-state index in [4.69, 9.17) is 18.9 Å². The molecule has 1 aromatic carbocycles. The van der Waals surface area contributed by atoms with Crippen LogP contribution in [0.5, 0.6) is 23.0 Å². The van der Waals surface area contributed by atoms with Gasteiger partial charge in [0.25, 0.3) is 0 Å². The smallest absolute Gasteiger partial charge is 0.231 e. The van der Waals surface area contributed by atoms with E-state index in [0.717, 1.165) is 11.7 Å². The first kappa shape index (κ1) is 24.3. The Balaban J connectivity index is 2.36. The van der Waals surface area contributed by atoms with E-state index < -0.39 is 25.6 Å². The van der Waals surface area contributed by atoms with E-state index in [-0.39, 0.29) is 17.3 Å². The Morgan fingerprint density at radius 2 is 1.48 bits per heavy atom. The Morgan fingerprint density at radius 1 is 0.903 bits per heavy atom. The summed E-state index contributed by atoms with van der Waals surface area (Å²) < 4.78 is 71.4. The van der Waals surface area contributed by atoms with Crippen molar-refractivity contribution in [3.63, 3.8) is 0 Å². The van der Waals surface area contributed by atoms with Crippen LogP contribution >= 0.6 is 0 Å². The molecule has 0 saturated heterocycles. The van der Waals surface area contributed by atoms with Crippen LogP contribution in [0.4, 0.5) is 5.82 Å². The number of hydrogen-bond acceptors (Lipinski definition) is 9. The van der Waals surface area contributed by atoms with Crippen LogP contribution in [0.1, 0.15) is 11.3 Å². The van der Waals surface area contributed by atoms with E-state index in [1.54, 1.807) is 12.1 Å². The fraction of sp³-hybridized carbons (Fsp3) is 0.316. The zero-order valence-electron chi connectivity index (χ0n) is 17.7. The Kier molecular flexibility index (Phi) is 7.74. The molecule has 0 fully saturated rings. The number of ether oxygens (including phenoxy) is 4. The van der Waals surface area contributed by atoms with Gasteiger partial charge in [-0.25, -0.2) is 21.8 Å². The highest BCUT2D eigenvalue weighted by molar-refractivity contribution is 7.93. The number of nitrogens with zero attached hydrogens (tertiary/aromatic N) is 1. The van der Waals surface area contributed by atoms with Gasteiger partial charge < -0.3 is 18.9 Å². The molecule has 1 heterocycles. The lowest BCUT2D eigenvalue weighted by Gasteiger charge is -2.12. The lowest BCUT2D eigenvalue weighted by molar-refractivity contribution is 0.374. The number of sulfonamides is 1. The van der Waals surface area contributed by atoms with Crippen LogP contribution in [0.2, 0.25) is 0 Å². The van der Waals surface area contributed by atoms with Crippen LogP contribution in [0, 0.1) is 0 Å². The lowest BCUT2D eigenvalue weighted by Crippen LogP contribution is -2.13. The van der Waals surface area contributed by atoms with Crippen molar-refractivity contribution in [2.75, 3.05) is 39.4 Å². The quantitative estimate of drug-likeness (QED) is 0.552. The summed E-state index contributed by atoms with van der Waals surface area (Å²) in [7, 11) is -1.69. The van der Waals surface area contributed by atoms with E-state index in [1.165, 1.54) is 46.6 Å². The molecule has 2 aromatic rings. The van der Waals surface area contributed by atoms with E-state index >= 15 is 0 Å². The first-order valence-corrected chi connectivity index (χ1v) is 12.3. The third-order valence-electron chi connectivity index (χ3n) is 3.96. The number of anilines is 1. The van der Waals surface area contributed by atoms with Crippen LogP contribution in [0.25, 0.3) is 6.08 Å². The number of nitrogens with one attached hydrogen (secondary N) is 1. The van der Waals surface area contributed by atoms with Crippen molar-refractivity contribution in [2.24, 2.45) is 0 Å². The molecule has 0 aliphatic heterocycles. The second-order valence-corrected chi connectivity index (χ2v) is 9.92. The number of benzene rings is 1. The molecule has 0 radical (unpaired) electrons. The number of methoxy groups -OCH3 is 4. The molecule has 170 valence electrons. The summed E-state index contributed by atoms with van der Waals surface area (Å²) in [6.45, 7) is 0. The maximum atomic E-state index is 12.6. The van der Waals surface area contributed by atoms with Gasteiger partial charge >= 0.3 is 0 Å². The van der Waals surface area contributed by atoms with Gasteiger partial charge in [0.1, 0.15) is 17.2 Å². The minimum Gasteiger partial charge on any atom is -0.496 e. The van der Waals surface area contributed by atoms with Gasteiger partial charge in [0.2, 0.25) is 10.0 Å². The molecular weight excluding hydrogens is 448 g/mol. The van der Waals surface area contributed by atoms with E-state index in [2.05, 4.69) is 9.71 Å². The average molecular weight is 473 g/mol. The largest absolute Gasteiger partial charge is 0.496 e. The van der Waals surface area contributed by atoms with Crippen LogP contribution < -0.4 is 23.7 Å². The van der Waals surface area contributed by atoms with Crippen molar-refractivity contribution in [1.82, 2.24) is 4.98 Å². The van der Waals surface area contributed by atoms with Crippen molar-refractivity contribution in [3.05, 3.63) is 40.9 Å². The fourth-order valence-corrected chi connectivity index (χ4v) is 4.11. The van der Waals surface area contributed by atoms with Gasteiger partial charge in [-0.2, -0.15) is 0 Å². The Morgan fingerprint density at radius 3 is 1.97 bits per heavy atom. The van der Waals surface area contributed by atoms with Crippen LogP contribution in [0.15, 0.2) is 29.7 Å². The molecule has 0 aliphatic rings. The molecule has 10 nitrogen and oxygen atoms in total. The van der Waals surface area contributed by atoms with E-state index in [9.17, 15) is 16.8 Å². The Labute approximate surface area is 181 Å². The van der Waals surface area contributed by atoms with Gasteiger partial charge in [0, 0.05) is 17.5 Å². The summed E-state index contributed by atoms with van der Waals surface area (Å²) in [4.78, 5) is 4.06. The maximum Gasteiger partial charge on any atom is 0.231 e. The monoisotopic (exact) mass is 472 g/mol. The Bertz CT molecular complexity index is 1150. The number of pyridine rings is 1. The highest BCUT2D eigenvalue weighted by atomic mass is 32.2. The van der Waals surface area contributed by atoms with Crippen molar-refractivity contribution >= 4 is 31.8 Å². The van der Waals surface area contributed by atoms with E-state index in [0.29, 0.717) is 22.8 Å². The number of aromatic nitrogens is 1. The average Bonchev–Trinajstić information content (AvgIpc) is 2.70. The van der Waals surface area contributed by atoms with Gasteiger partial charge in [-0.3, -0.25) is 4.72 Å². The minimum absolute atomic E-state index is 0.0971. The molecular formula is C19H24N2O8S2. The first-order valence-electron chi connectivity index (χ1n) is 8.74. The van der Waals surface area contributed by atoms with Gasteiger partial charge in [-0.05, 0) is 18.2 Å². The second-order valence-electron chi connectivity index (χ2n) is 6.28. The number of rotatable bonds is 10. The molecule has 1 N–H and O–H groups in total. The third kappa shape index (κ3) is 6.76. The van der Waals surface area contributed by atoms with Crippen LogP contribution in [-0.4, -0.2) is 56.5 Å². The standard InChI is InChI=1S/C19H24N2O8S2/c1-26-14-10-17(28-3)15(18(11-14)29-4)8-9-31(24,25)12-13-6-7-16(27-2)19(20-13)21-30(5,22)23/h6-11H,12H2,1-5H3,(H,20,21). The van der Waals surface area contributed by atoms with Gasteiger partial charge in [0.15, 0.2) is 21.4 Å².